The third-order valence-corrected chi connectivity index (χ3v) is 5.84. The van der Waals surface area contributed by atoms with Gasteiger partial charge in [-0.15, -0.1) is 10.2 Å². The van der Waals surface area contributed by atoms with Crippen LogP contribution in [0.2, 0.25) is 0 Å². The van der Waals surface area contributed by atoms with Crippen molar-refractivity contribution in [3.8, 4) is 10.7 Å². The van der Waals surface area contributed by atoms with E-state index in [0.29, 0.717) is 11.8 Å². The summed E-state index contributed by atoms with van der Waals surface area (Å²) in [5, 5.41) is 21.7. The Morgan fingerprint density at radius 1 is 1.36 bits per heavy atom. The Kier molecular flexibility index (Phi) is 3.53. The maximum absolute atomic E-state index is 4.70. The standard InChI is InChI=1S/C14H17BrN6S/c1-7(2)6-9-10(15)11(17-16-9)13-20-21-12(8-4-3-5-8)18-19-14(21)22-13/h7-8H,3-6H2,1-2H3,(H,16,17). The third-order valence-electron chi connectivity index (χ3n) is 4.08. The molecule has 1 fully saturated rings. The van der Waals surface area contributed by atoms with Crippen molar-refractivity contribution in [1.82, 2.24) is 30.0 Å². The van der Waals surface area contributed by atoms with Crippen molar-refractivity contribution in [2.45, 2.75) is 45.4 Å². The zero-order valence-corrected chi connectivity index (χ0v) is 14.9. The second-order valence-electron chi connectivity index (χ2n) is 6.25. The van der Waals surface area contributed by atoms with Crippen molar-refractivity contribution >= 4 is 32.2 Å². The molecule has 0 aromatic carbocycles. The number of hydrogen-bond acceptors (Lipinski definition) is 5. The molecule has 6 nitrogen and oxygen atoms in total. The van der Waals surface area contributed by atoms with Crippen molar-refractivity contribution in [1.29, 1.82) is 0 Å². The van der Waals surface area contributed by atoms with Crippen LogP contribution in [-0.4, -0.2) is 30.0 Å². The molecule has 1 aliphatic rings. The van der Waals surface area contributed by atoms with Crippen LogP contribution >= 0.6 is 27.3 Å². The maximum Gasteiger partial charge on any atom is 0.235 e. The first kappa shape index (κ1) is 14.3. The number of aromatic nitrogens is 6. The zero-order valence-electron chi connectivity index (χ0n) is 12.5. The first-order valence-corrected chi connectivity index (χ1v) is 9.19. The van der Waals surface area contributed by atoms with Gasteiger partial charge < -0.3 is 0 Å². The predicted molar refractivity (Wildman–Crippen MR) is 89.1 cm³/mol. The maximum atomic E-state index is 4.70. The molecular formula is C14H17BrN6S. The predicted octanol–water partition coefficient (Wildman–Crippen LogP) is 3.80. The first-order valence-electron chi connectivity index (χ1n) is 7.58. The molecule has 0 saturated heterocycles. The Bertz CT molecular complexity index is 813. The van der Waals surface area contributed by atoms with Gasteiger partial charge in [0.05, 0.1) is 10.2 Å². The molecule has 0 radical (unpaired) electrons. The number of nitrogens with zero attached hydrogens (tertiary/aromatic N) is 5. The fraction of sp³-hybridized carbons (Fsp3) is 0.571. The molecule has 22 heavy (non-hydrogen) atoms. The topological polar surface area (TPSA) is 71.8 Å². The molecule has 0 amide bonds. The van der Waals surface area contributed by atoms with Crippen LogP contribution in [0.3, 0.4) is 0 Å². The summed E-state index contributed by atoms with van der Waals surface area (Å²) >= 11 is 5.20. The molecule has 0 aliphatic heterocycles. The number of hydrogen-bond donors (Lipinski definition) is 1. The van der Waals surface area contributed by atoms with E-state index in [1.165, 1.54) is 30.6 Å². The SMILES string of the molecule is CC(C)Cc1[nH]nc(-c2nn3c(C4CCC4)nnc3s2)c1Br. The van der Waals surface area contributed by atoms with Gasteiger partial charge in [-0.1, -0.05) is 31.6 Å². The lowest BCUT2D eigenvalue weighted by Gasteiger charge is -2.22. The van der Waals surface area contributed by atoms with Gasteiger partial charge in [0.25, 0.3) is 0 Å². The second kappa shape index (κ2) is 5.42. The van der Waals surface area contributed by atoms with Gasteiger partial charge in [-0.25, -0.2) is 0 Å². The van der Waals surface area contributed by atoms with E-state index in [-0.39, 0.29) is 0 Å². The summed E-state index contributed by atoms with van der Waals surface area (Å²) < 4.78 is 2.91. The molecule has 0 unspecified atom stereocenters. The van der Waals surface area contributed by atoms with Gasteiger partial charge in [-0.2, -0.15) is 14.7 Å². The van der Waals surface area contributed by atoms with E-state index in [1.807, 2.05) is 4.52 Å². The van der Waals surface area contributed by atoms with Crippen LogP contribution in [0.1, 0.15) is 50.5 Å². The highest BCUT2D eigenvalue weighted by Gasteiger charge is 2.27. The average molecular weight is 381 g/mol. The minimum Gasteiger partial charge on any atom is -0.281 e. The highest BCUT2D eigenvalue weighted by Crippen LogP contribution is 2.37. The molecule has 1 saturated carbocycles. The lowest BCUT2D eigenvalue weighted by Crippen LogP contribution is -2.13. The summed E-state index contributed by atoms with van der Waals surface area (Å²) in [6.07, 6.45) is 4.63. The van der Waals surface area contributed by atoms with Crippen LogP contribution < -0.4 is 0 Å². The van der Waals surface area contributed by atoms with Crippen molar-refractivity contribution in [2.75, 3.05) is 0 Å². The van der Waals surface area contributed by atoms with E-state index < -0.39 is 0 Å². The number of halogens is 1. The smallest absolute Gasteiger partial charge is 0.235 e. The van der Waals surface area contributed by atoms with E-state index in [9.17, 15) is 0 Å². The Morgan fingerprint density at radius 3 is 2.86 bits per heavy atom. The average Bonchev–Trinajstić information content (AvgIpc) is 3.05. The third kappa shape index (κ3) is 2.28. The number of H-pyrrole nitrogens is 1. The van der Waals surface area contributed by atoms with Gasteiger partial charge in [-0.05, 0) is 41.1 Å². The monoisotopic (exact) mass is 380 g/mol. The number of fused-ring (bicyclic) bond motifs is 1. The molecular weight excluding hydrogens is 364 g/mol. The molecule has 1 N–H and O–H groups in total. The van der Waals surface area contributed by atoms with E-state index in [2.05, 4.69) is 50.2 Å². The summed E-state index contributed by atoms with van der Waals surface area (Å²) in [7, 11) is 0. The van der Waals surface area contributed by atoms with E-state index >= 15 is 0 Å². The fourth-order valence-electron chi connectivity index (χ4n) is 2.70. The minimum absolute atomic E-state index is 0.518. The van der Waals surface area contributed by atoms with Gasteiger partial charge in [-0.3, -0.25) is 5.10 Å². The summed E-state index contributed by atoms with van der Waals surface area (Å²) in [6.45, 7) is 4.39. The molecule has 0 atom stereocenters. The molecule has 0 spiro atoms. The molecule has 3 aromatic rings. The van der Waals surface area contributed by atoms with Gasteiger partial charge in [0.2, 0.25) is 4.96 Å². The van der Waals surface area contributed by atoms with E-state index in [4.69, 9.17) is 5.10 Å². The lowest BCUT2D eigenvalue weighted by atomic mass is 9.85. The summed E-state index contributed by atoms with van der Waals surface area (Å²) in [5.41, 5.74) is 1.99. The van der Waals surface area contributed by atoms with Crippen LogP contribution in [0.15, 0.2) is 4.47 Å². The Morgan fingerprint density at radius 2 is 2.18 bits per heavy atom. The van der Waals surface area contributed by atoms with Crippen molar-refractivity contribution in [2.24, 2.45) is 5.92 Å². The number of rotatable bonds is 4. The lowest BCUT2D eigenvalue weighted by molar-refractivity contribution is 0.395. The van der Waals surface area contributed by atoms with E-state index in [0.717, 1.165) is 38.1 Å². The van der Waals surface area contributed by atoms with E-state index in [1.54, 1.807) is 0 Å². The first-order chi connectivity index (χ1) is 10.6. The largest absolute Gasteiger partial charge is 0.281 e. The quantitative estimate of drug-likeness (QED) is 0.746. The van der Waals surface area contributed by atoms with Crippen molar-refractivity contribution in [3.05, 3.63) is 16.0 Å². The highest BCUT2D eigenvalue weighted by atomic mass is 79.9. The molecule has 1 aliphatic carbocycles. The minimum atomic E-state index is 0.518. The van der Waals surface area contributed by atoms with Crippen LogP contribution in [0.25, 0.3) is 15.7 Å². The Labute approximate surface area is 140 Å². The van der Waals surface area contributed by atoms with Gasteiger partial charge in [0.1, 0.15) is 5.69 Å². The Balaban J connectivity index is 1.72. The molecule has 8 heteroatoms. The highest BCUT2D eigenvalue weighted by molar-refractivity contribution is 9.10. The molecule has 3 aromatic heterocycles. The van der Waals surface area contributed by atoms with Gasteiger partial charge >= 0.3 is 0 Å². The number of nitrogens with one attached hydrogen (secondary N) is 1. The van der Waals surface area contributed by atoms with Crippen LogP contribution in [0, 0.1) is 5.92 Å². The zero-order chi connectivity index (χ0) is 15.3. The summed E-state index contributed by atoms with van der Waals surface area (Å²) in [5.74, 6) is 2.09. The van der Waals surface area contributed by atoms with Crippen LogP contribution in [-0.2, 0) is 6.42 Å². The second-order valence-corrected chi connectivity index (χ2v) is 8.00. The molecule has 0 bridgehead atoms. The van der Waals surface area contributed by atoms with Crippen molar-refractivity contribution in [3.63, 3.8) is 0 Å². The number of aromatic amines is 1. The molecule has 3 heterocycles. The normalized spacial score (nSPS) is 15.8. The van der Waals surface area contributed by atoms with Crippen molar-refractivity contribution < 1.29 is 0 Å². The summed E-state index contributed by atoms with van der Waals surface area (Å²) in [4.78, 5) is 0.845. The molecule has 116 valence electrons. The summed E-state index contributed by atoms with van der Waals surface area (Å²) in [6, 6.07) is 0. The van der Waals surface area contributed by atoms with Crippen LogP contribution in [0.4, 0.5) is 0 Å². The molecule has 4 rings (SSSR count). The van der Waals surface area contributed by atoms with Gasteiger partial charge in [0, 0.05) is 5.92 Å². The van der Waals surface area contributed by atoms with Crippen LogP contribution in [0.5, 0.6) is 0 Å². The fourth-order valence-corrected chi connectivity index (χ4v) is 4.20. The van der Waals surface area contributed by atoms with Gasteiger partial charge in [0.15, 0.2) is 10.8 Å². The Hall–Kier alpha value is -1.28.